The first-order valence-corrected chi connectivity index (χ1v) is 5.27. The van der Waals surface area contributed by atoms with Crippen LogP contribution < -0.4 is 0 Å². The smallest absolute Gasteiger partial charge is 0.150 e. The lowest BCUT2D eigenvalue weighted by molar-refractivity contribution is 0.618. The Labute approximate surface area is 89.8 Å². The molecule has 1 aromatic heterocycles. The molecule has 0 spiro atoms. The first kappa shape index (κ1) is 10.7. The van der Waals surface area contributed by atoms with E-state index < -0.39 is 5.82 Å². The van der Waals surface area contributed by atoms with Crippen LogP contribution in [0, 0.1) is 5.82 Å². The van der Waals surface area contributed by atoms with Crippen LogP contribution in [0.2, 0.25) is 5.02 Å². The topological polar surface area (TPSA) is 12.9 Å². The highest BCUT2D eigenvalue weighted by Crippen LogP contribution is 2.12. The maximum atomic E-state index is 13.1. The molecule has 0 radical (unpaired) electrons. The van der Waals surface area contributed by atoms with Crippen LogP contribution in [0.1, 0.15) is 12.1 Å². The van der Waals surface area contributed by atoms with E-state index in [1.165, 1.54) is 12.3 Å². The number of alkyl halides is 1. The number of rotatable bonds is 3. The number of hydrogen-bond acceptors (Lipinski definition) is 1. The molecule has 0 N–H and O–H groups in total. The van der Waals surface area contributed by atoms with Crippen molar-refractivity contribution < 1.29 is 4.39 Å². The van der Waals surface area contributed by atoms with E-state index in [-0.39, 0.29) is 0 Å². The molecule has 70 valence electrons. The second-order valence-electron chi connectivity index (χ2n) is 2.40. The van der Waals surface area contributed by atoms with Crippen molar-refractivity contribution >= 4 is 33.6 Å². The monoisotopic (exact) mass is 263 g/mol. The molecule has 0 amide bonds. The van der Waals surface area contributed by atoms with Gasteiger partial charge < -0.3 is 0 Å². The van der Waals surface area contributed by atoms with Crippen LogP contribution in [0.15, 0.2) is 18.3 Å². The van der Waals surface area contributed by atoms with Gasteiger partial charge >= 0.3 is 0 Å². The predicted octanol–water partition coefficient (Wildman–Crippen LogP) is 3.67. The zero-order chi connectivity index (χ0) is 9.68. The molecule has 0 unspecified atom stereocenters. The van der Waals surface area contributed by atoms with Gasteiger partial charge in [0.2, 0.25) is 0 Å². The molecule has 0 bridgehead atoms. The van der Waals surface area contributed by atoms with Crippen molar-refractivity contribution in [1.82, 2.24) is 4.98 Å². The van der Waals surface area contributed by atoms with Crippen LogP contribution in [-0.4, -0.2) is 10.3 Å². The van der Waals surface area contributed by atoms with Crippen LogP contribution >= 0.6 is 27.5 Å². The molecule has 13 heavy (non-hydrogen) atoms. The number of nitrogens with zero attached hydrogens (tertiary/aromatic N) is 1. The minimum atomic E-state index is -0.390. The van der Waals surface area contributed by atoms with Crippen LogP contribution in [0.5, 0.6) is 0 Å². The van der Waals surface area contributed by atoms with Crippen LogP contribution in [0.25, 0.3) is 6.08 Å². The minimum Gasteiger partial charge on any atom is -0.252 e. The zero-order valence-corrected chi connectivity index (χ0v) is 9.15. The average Bonchev–Trinajstić information content (AvgIpc) is 2.09. The highest BCUT2D eigenvalue weighted by molar-refractivity contribution is 9.09. The predicted molar refractivity (Wildman–Crippen MR) is 56.7 cm³/mol. The molecule has 0 aliphatic rings. The lowest BCUT2D eigenvalue weighted by atomic mass is 10.3. The normalized spacial score (nSPS) is 11.0. The van der Waals surface area contributed by atoms with Crippen molar-refractivity contribution in [2.24, 2.45) is 0 Å². The van der Waals surface area contributed by atoms with E-state index in [2.05, 4.69) is 20.9 Å². The van der Waals surface area contributed by atoms with Gasteiger partial charge in [-0.25, -0.2) is 4.39 Å². The third-order valence-corrected chi connectivity index (χ3v) is 2.05. The Hall–Kier alpha value is -0.410. The maximum absolute atomic E-state index is 13.1. The SMILES string of the molecule is Fc1cc(Cl)cnc1C=CCCBr. The Kier molecular flexibility index (Phi) is 4.39. The summed E-state index contributed by atoms with van der Waals surface area (Å²) >= 11 is 8.81. The second-order valence-corrected chi connectivity index (χ2v) is 3.63. The number of allylic oxidation sites excluding steroid dienone is 1. The van der Waals surface area contributed by atoms with Crippen molar-refractivity contribution in [2.45, 2.75) is 6.42 Å². The van der Waals surface area contributed by atoms with Gasteiger partial charge in [-0.15, -0.1) is 0 Å². The Morgan fingerprint density at radius 3 is 3.00 bits per heavy atom. The van der Waals surface area contributed by atoms with Crippen LogP contribution in [0.3, 0.4) is 0 Å². The van der Waals surface area contributed by atoms with Gasteiger partial charge in [-0.2, -0.15) is 0 Å². The first-order valence-electron chi connectivity index (χ1n) is 3.77. The molecular weight excluding hydrogens is 256 g/mol. The highest BCUT2D eigenvalue weighted by Gasteiger charge is 1.99. The van der Waals surface area contributed by atoms with Gasteiger partial charge in [-0.3, -0.25) is 4.98 Å². The Bertz CT molecular complexity index is 314. The van der Waals surface area contributed by atoms with Gasteiger partial charge in [0.1, 0.15) is 5.82 Å². The van der Waals surface area contributed by atoms with E-state index in [9.17, 15) is 4.39 Å². The van der Waals surface area contributed by atoms with E-state index in [1.54, 1.807) is 6.08 Å². The molecule has 1 nitrogen and oxygen atoms in total. The Morgan fingerprint density at radius 2 is 2.38 bits per heavy atom. The standard InChI is InChI=1S/C9H8BrClFN/c10-4-2-1-3-9-8(12)5-7(11)6-13-9/h1,3,5-6H,2,4H2. The summed E-state index contributed by atoms with van der Waals surface area (Å²) < 4.78 is 13.1. The van der Waals surface area contributed by atoms with Crippen molar-refractivity contribution in [3.63, 3.8) is 0 Å². The molecule has 0 aliphatic carbocycles. The fraction of sp³-hybridized carbons (Fsp3) is 0.222. The van der Waals surface area contributed by atoms with Crippen molar-refractivity contribution in [2.75, 3.05) is 5.33 Å². The number of halogens is 3. The summed E-state index contributed by atoms with van der Waals surface area (Å²) in [7, 11) is 0. The van der Waals surface area contributed by atoms with Gasteiger partial charge in [-0.05, 0) is 18.6 Å². The van der Waals surface area contributed by atoms with E-state index in [0.29, 0.717) is 10.7 Å². The van der Waals surface area contributed by atoms with Gasteiger partial charge in [0.25, 0.3) is 0 Å². The van der Waals surface area contributed by atoms with Gasteiger partial charge in [0, 0.05) is 11.5 Å². The Balaban J connectivity index is 2.77. The fourth-order valence-corrected chi connectivity index (χ4v) is 1.21. The maximum Gasteiger partial charge on any atom is 0.150 e. The third-order valence-electron chi connectivity index (χ3n) is 1.39. The molecule has 0 saturated carbocycles. The summed E-state index contributed by atoms with van der Waals surface area (Å²) in [6, 6.07) is 1.25. The van der Waals surface area contributed by atoms with E-state index in [0.717, 1.165) is 11.8 Å². The quantitative estimate of drug-likeness (QED) is 0.759. The van der Waals surface area contributed by atoms with Crippen molar-refractivity contribution in [1.29, 1.82) is 0 Å². The summed E-state index contributed by atoms with van der Waals surface area (Å²) in [6.45, 7) is 0. The second kappa shape index (κ2) is 5.35. The third kappa shape index (κ3) is 3.44. The largest absolute Gasteiger partial charge is 0.252 e. The van der Waals surface area contributed by atoms with Crippen LogP contribution in [-0.2, 0) is 0 Å². The van der Waals surface area contributed by atoms with E-state index in [4.69, 9.17) is 11.6 Å². The molecule has 0 aromatic carbocycles. The molecule has 0 fully saturated rings. The minimum absolute atomic E-state index is 0.315. The number of hydrogen-bond donors (Lipinski definition) is 0. The summed E-state index contributed by atoms with van der Waals surface area (Å²) in [4.78, 5) is 3.84. The van der Waals surface area contributed by atoms with Crippen molar-refractivity contribution in [3.8, 4) is 0 Å². The average molecular weight is 265 g/mol. The number of aromatic nitrogens is 1. The number of pyridine rings is 1. The Morgan fingerprint density at radius 1 is 1.62 bits per heavy atom. The summed E-state index contributed by atoms with van der Waals surface area (Å²) in [5, 5.41) is 1.17. The summed E-state index contributed by atoms with van der Waals surface area (Å²) in [6.07, 6.45) is 5.78. The summed E-state index contributed by atoms with van der Waals surface area (Å²) in [5.74, 6) is -0.390. The lowest BCUT2D eigenvalue weighted by Crippen LogP contribution is -1.86. The first-order chi connectivity index (χ1) is 6.24. The molecule has 1 aromatic rings. The van der Waals surface area contributed by atoms with E-state index >= 15 is 0 Å². The van der Waals surface area contributed by atoms with Crippen molar-refractivity contribution in [3.05, 3.63) is 34.9 Å². The van der Waals surface area contributed by atoms with Gasteiger partial charge in [0.05, 0.1) is 10.7 Å². The highest BCUT2D eigenvalue weighted by atomic mass is 79.9. The molecule has 1 rings (SSSR count). The summed E-state index contributed by atoms with van der Waals surface area (Å²) in [5.41, 5.74) is 0.324. The molecule has 1 heterocycles. The fourth-order valence-electron chi connectivity index (χ4n) is 0.806. The van der Waals surface area contributed by atoms with Gasteiger partial charge in [0.15, 0.2) is 0 Å². The molecular formula is C9H8BrClFN. The zero-order valence-electron chi connectivity index (χ0n) is 6.80. The van der Waals surface area contributed by atoms with Crippen LogP contribution in [0.4, 0.5) is 4.39 Å². The van der Waals surface area contributed by atoms with Gasteiger partial charge in [-0.1, -0.05) is 33.6 Å². The molecule has 4 heteroatoms. The lowest BCUT2D eigenvalue weighted by Gasteiger charge is -1.95. The molecule has 0 aliphatic heterocycles. The molecule has 0 saturated heterocycles. The van der Waals surface area contributed by atoms with E-state index in [1.807, 2.05) is 6.08 Å². The molecule has 0 atom stereocenters.